The molecule has 1 N–H and O–H groups in total. The van der Waals surface area contributed by atoms with Crippen molar-refractivity contribution in [2.24, 2.45) is 0 Å². The number of aliphatic hydroxyl groups is 1. The molecule has 1 aliphatic rings. The third-order valence-electron chi connectivity index (χ3n) is 4.08. The molecule has 1 aromatic carbocycles. The first kappa shape index (κ1) is 13.8. The van der Waals surface area contributed by atoms with Gasteiger partial charge in [-0.1, -0.05) is 28.1 Å². The summed E-state index contributed by atoms with van der Waals surface area (Å²) in [4.78, 5) is 7.01. The quantitative estimate of drug-likeness (QED) is 0.904. The standard InChI is InChI=1S/C16H19BrN2O/c17-15-7-2-6-14-13(15)8-9-18-16(14)19(10-3-11-20)12-4-1-5-12/h2,6-9,12,20H,1,3-5,10-11H2. The highest BCUT2D eigenvalue weighted by Crippen LogP contribution is 2.34. The van der Waals surface area contributed by atoms with Gasteiger partial charge < -0.3 is 10.0 Å². The summed E-state index contributed by atoms with van der Waals surface area (Å²) < 4.78 is 1.11. The molecule has 0 atom stereocenters. The van der Waals surface area contributed by atoms with Gasteiger partial charge in [0.05, 0.1) is 0 Å². The van der Waals surface area contributed by atoms with E-state index in [1.807, 2.05) is 12.3 Å². The molecule has 4 heteroatoms. The largest absolute Gasteiger partial charge is 0.396 e. The third kappa shape index (κ3) is 2.54. The maximum Gasteiger partial charge on any atom is 0.136 e. The monoisotopic (exact) mass is 334 g/mol. The maximum atomic E-state index is 9.14. The lowest BCUT2D eigenvalue weighted by molar-refractivity contribution is 0.282. The molecular weight excluding hydrogens is 316 g/mol. The SMILES string of the molecule is OCCCN(c1nccc2c(Br)cccc12)C1CCC1. The summed E-state index contributed by atoms with van der Waals surface area (Å²) in [7, 11) is 0. The zero-order valence-corrected chi connectivity index (χ0v) is 13.0. The number of hydrogen-bond acceptors (Lipinski definition) is 3. The molecule has 0 aliphatic heterocycles. The van der Waals surface area contributed by atoms with E-state index in [0.717, 1.165) is 23.3 Å². The number of aliphatic hydroxyl groups excluding tert-OH is 1. The lowest BCUT2D eigenvalue weighted by atomic mass is 9.91. The Morgan fingerprint density at radius 1 is 1.25 bits per heavy atom. The van der Waals surface area contributed by atoms with E-state index in [-0.39, 0.29) is 6.61 Å². The number of nitrogens with zero attached hydrogens (tertiary/aromatic N) is 2. The molecule has 1 heterocycles. The predicted molar refractivity (Wildman–Crippen MR) is 86.1 cm³/mol. The van der Waals surface area contributed by atoms with Crippen LogP contribution in [-0.4, -0.2) is 29.3 Å². The van der Waals surface area contributed by atoms with Gasteiger partial charge in [-0.3, -0.25) is 0 Å². The van der Waals surface area contributed by atoms with Gasteiger partial charge in [0.25, 0.3) is 0 Å². The zero-order chi connectivity index (χ0) is 13.9. The van der Waals surface area contributed by atoms with Gasteiger partial charge in [-0.2, -0.15) is 0 Å². The lowest BCUT2D eigenvalue weighted by Gasteiger charge is -2.39. The number of aromatic nitrogens is 1. The molecule has 0 spiro atoms. The minimum absolute atomic E-state index is 0.234. The van der Waals surface area contributed by atoms with Gasteiger partial charge in [-0.05, 0) is 37.8 Å². The van der Waals surface area contributed by atoms with Gasteiger partial charge in [0.15, 0.2) is 0 Å². The van der Waals surface area contributed by atoms with Crippen molar-refractivity contribution < 1.29 is 5.11 Å². The average Bonchev–Trinajstić information content (AvgIpc) is 2.41. The van der Waals surface area contributed by atoms with Crippen molar-refractivity contribution in [1.82, 2.24) is 4.98 Å². The molecule has 1 aliphatic carbocycles. The van der Waals surface area contributed by atoms with Crippen LogP contribution in [0.25, 0.3) is 10.8 Å². The molecule has 106 valence electrons. The van der Waals surface area contributed by atoms with Crippen LogP contribution in [0.5, 0.6) is 0 Å². The summed E-state index contributed by atoms with van der Waals surface area (Å²) in [5.41, 5.74) is 0. The molecule has 1 fully saturated rings. The van der Waals surface area contributed by atoms with Crippen LogP contribution in [0.4, 0.5) is 5.82 Å². The van der Waals surface area contributed by atoms with Crippen molar-refractivity contribution in [3.05, 3.63) is 34.9 Å². The molecule has 0 radical (unpaired) electrons. The zero-order valence-electron chi connectivity index (χ0n) is 11.4. The van der Waals surface area contributed by atoms with Crippen molar-refractivity contribution in [3.8, 4) is 0 Å². The molecule has 0 amide bonds. The molecule has 3 nitrogen and oxygen atoms in total. The summed E-state index contributed by atoms with van der Waals surface area (Å²) in [6, 6.07) is 8.88. The number of pyridine rings is 1. The van der Waals surface area contributed by atoms with E-state index < -0.39 is 0 Å². The van der Waals surface area contributed by atoms with E-state index >= 15 is 0 Å². The van der Waals surface area contributed by atoms with Crippen LogP contribution in [0.2, 0.25) is 0 Å². The van der Waals surface area contributed by atoms with Crippen molar-refractivity contribution in [1.29, 1.82) is 0 Å². The Hall–Kier alpha value is -1.13. The Kier molecular flexibility index (Phi) is 4.22. The first-order chi connectivity index (χ1) is 9.81. The summed E-state index contributed by atoms with van der Waals surface area (Å²) in [6.07, 6.45) is 6.44. The Morgan fingerprint density at radius 2 is 2.10 bits per heavy atom. The van der Waals surface area contributed by atoms with E-state index in [1.54, 1.807) is 0 Å². The van der Waals surface area contributed by atoms with Gasteiger partial charge in [0, 0.05) is 40.6 Å². The van der Waals surface area contributed by atoms with E-state index in [9.17, 15) is 0 Å². The Morgan fingerprint density at radius 3 is 2.80 bits per heavy atom. The van der Waals surface area contributed by atoms with E-state index in [4.69, 9.17) is 5.11 Å². The molecular formula is C16H19BrN2O. The number of hydrogen-bond donors (Lipinski definition) is 1. The van der Waals surface area contributed by atoms with Crippen LogP contribution in [0.1, 0.15) is 25.7 Å². The molecule has 0 saturated heterocycles. The molecule has 1 saturated carbocycles. The third-order valence-corrected chi connectivity index (χ3v) is 4.77. The molecule has 20 heavy (non-hydrogen) atoms. The highest BCUT2D eigenvalue weighted by atomic mass is 79.9. The van der Waals surface area contributed by atoms with Crippen molar-refractivity contribution in [2.75, 3.05) is 18.1 Å². The lowest BCUT2D eigenvalue weighted by Crippen LogP contribution is -2.41. The van der Waals surface area contributed by atoms with E-state index in [2.05, 4.69) is 44.0 Å². The van der Waals surface area contributed by atoms with Gasteiger partial charge in [0.1, 0.15) is 5.82 Å². The van der Waals surface area contributed by atoms with Crippen LogP contribution >= 0.6 is 15.9 Å². The van der Waals surface area contributed by atoms with Crippen LogP contribution in [-0.2, 0) is 0 Å². The minimum atomic E-state index is 0.234. The molecule has 0 bridgehead atoms. The molecule has 0 unspecified atom stereocenters. The normalized spacial score (nSPS) is 15.3. The second-order valence-corrected chi connectivity index (χ2v) is 6.18. The van der Waals surface area contributed by atoms with Crippen LogP contribution in [0.15, 0.2) is 34.9 Å². The number of anilines is 1. The van der Waals surface area contributed by atoms with Gasteiger partial charge in [0.2, 0.25) is 0 Å². The van der Waals surface area contributed by atoms with Crippen molar-refractivity contribution in [2.45, 2.75) is 31.7 Å². The molecule has 3 rings (SSSR count). The van der Waals surface area contributed by atoms with Crippen molar-refractivity contribution >= 4 is 32.5 Å². The first-order valence-corrected chi connectivity index (χ1v) is 8.01. The topological polar surface area (TPSA) is 36.4 Å². The summed E-state index contributed by atoms with van der Waals surface area (Å²) in [5.74, 6) is 1.06. The fourth-order valence-corrected chi connectivity index (χ4v) is 3.28. The number of rotatable bonds is 5. The van der Waals surface area contributed by atoms with E-state index in [0.29, 0.717) is 6.04 Å². The van der Waals surface area contributed by atoms with Crippen LogP contribution < -0.4 is 4.90 Å². The highest BCUT2D eigenvalue weighted by molar-refractivity contribution is 9.10. The fourth-order valence-electron chi connectivity index (χ4n) is 2.78. The Bertz CT molecular complexity index is 598. The summed E-state index contributed by atoms with van der Waals surface area (Å²) in [6.45, 7) is 1.11. The second kappa shape index (κ2) is 6.10. The first-order valence-electron chi connectivity index (χ1n) is 7.22. The summed E-state index contributed by atoms with van der Waals surface area (Å²) >= 11 is 3.61. The Labute approximate surface area is 127 Å². The number of halogens is 1. The van der Waals surface area contributed by atoms with Crippen LogP contribution in [0, 0.1) is 0 Å². The molecule has 2 aromatic rings. The van der Waals surface area contributed by atoms with E-state index in [1.165, 1.54) is 30.0 Å². The number of benzene rings is 1. The van der Waals surface area contributed by atoms with Gasteiger partial charge in [-0.15, -0.1) is 0 Å². The highest BCUT2D eigenvalue weighted by Gasteiger charge is 2.26. The van der Waals surface area contributed by atoms with Crippen molar-refractivity contribution in [3.63, 3.8) is 0 Å². The smallest absolute Gasteiger partial charge is 0.136 e. The average molecular weight is 335 g/mol. The van der Waals surface area contributed by atoms with Crippen LogP contribution in [0.3, 0.4) is 0 Å². The van der Waals surface area contributed by atoms with Gasteiger partial charge in [-0.25, -0.2) is 4.98 Å². The Balaban J connectivity index is 2.03. The molecule has 1 aromatic heterocycles. The summed E-state index contributed by atoms with van der Waals surface area (Å²) in [5, 5.41) is 11.5. The second-order valence-electron chi connectivity index (χ2n) is 5.32. The fraction of sp³-hybridized carbons (Fsp3) is 0.438. The maximum absolute atomic E-state index is 9.14. The number of fused-ring (bicyclic) bond motifs is 1. The predicted octanol–water partition coefficient (Wildman–Crippen LogP) is 3.74. The van der Waals surface area contributed by atoms with Gasteiger partial charge >= 0.3 is 0 Å². The minimum Gasteiger partial charge on any atom is -0.396 e.